The fourth-order valence-electron chi connectivity index (χ4n) is 9.86. The lowest BCUT2D eigenvalue weighted by Gasteiger charge is -2.18. The number of para-hydroxylation sites is 2. The molecule has 8 aromatic rings. The molecular formula is C61H67F4N11O6. The van der Waals surface area contributed by atoms with Gasteiger partial charge in [-0.05, 0) is 151 Å². The summed E-state index contributed by atoms with van der Waals surface area (Å²) in [6.07, 6.45) is 3.47. The minimum atomic E-state index is -1.11. The van der Waals surface area contributed by atoms with Gasteiger partial charge < -0.3 is 35.6 Å². The van der Waals surface area contributed by atoms with Gasteiger partial charge in [0.05, 0.1) is 23.1 Å². The van der Waals surface area contributed by atoms with Crippen molar-refractivity contribution in [3.05, 3.63) is 163 Å². The van der Waals surface area contributed by atoms with E-state index in [2.05, 4.69) is 68.4 Å². The largest absolute Gasteiger partial charge is 0.478 e. The second-order valence-corrected chi connectivity index (χ2v) is 19.7. The number of carboxylic acid groups (broad SMARTS) is 1. The highest BCUT2D eigenvalue weighted by Crippen LogP contribution is 2.34. The summed E-state index contributed by atoms with van der Waals surface area (Å²) in [6, 6.07) is 22.2. The van der Waals surface area contributed by atoms with Crippen molar-refractivity contribution >= 4 is 45.8 Å². The first-order valence-electron chi connectivity index (χ1n) is 27.6. The average Bonchev–Trinajstić information content (AvgIpc) is 3.69. The van der Waals surface area contributed by atoms with Crippen LogP contribution in [0.1, 0.15) is 85.2 Å². The van der Waals surface area contributed by atoms with Crippen molar-refractivity contribution < 1.29 is 37.0 Å². The molecule has 4 N–H and O–H groups in total. The molecular weight excluding hydrogens is 1060 g/mol. The molecule has 1 saturated heterocycles. The van der Waals surface area contributed by atoms with E-state index in [4.69, 9.17) is 9.72 Å². The van der Waals surface area contributed by atoms with Gasteiger partial charge in [0.2, 0.25) is 11.9 Å². The van der Waals surface area contributed by atoms with Crippen molar-refractivity contribution in [3.63, 3.8) is 0 Å². The van der Waals surface area contributed by atoms with Crippen LogP contribution in [0.25, 0.3) is 56.0 Å². The maximum atomic E-state index is 15.0. The molecule has 1 aliphatic heterocycles. The number of aryl methyl sites for hydroxylation is 2. The Hall–Kier alpha value is -8.40. The predicted octanol–water partition coefficient (Wildman–Crippen LogP) is 9.96. The van der Waals surface area contributed by atoms with E-state index in [0.29, 0.717) is 65.1 Å². The molecule has 17 nitrogen and oxygen atoms in total. The molecule has 0 spiro atoms. The molecule has 0 radical (unpaired) electrons. The number of fused-ring (bicyclic) bond motifs is 2. The molecule has 4 aromatic carbocycles. The molecule has 0 bridgehead atoms. The molecule has 1 atom stereocenters. The number of hydrogen-bond donors (Lipinski definition) is 4. The Morgan fingerprint density at radius 1 is 0.622 bits per heavy atom. The Morgan fingerprint density at radius 3 is 1.48 bits per heavy atom. The number of nitrogens with zero attached hydrogens (tertiary/aromatic N) is 8. The molecule has 1 fully saturated rings. The third-order valence-corrected chi connectivity index (χ3v) is 14.5. The number of carbonyl (C=O) groups is 2. The number of anilines is 2. The number of halogens is 4. The van der Waals surface area contributed by atoms with Crippen molar-refractivity contribution in [1.29, 1.82) is 0 Å². The molecule has 1 unspecified atom stereocenters. The number of ether oxygens (including phenoxy) is 1. The fourth-order valence-corrected chi connectivity index (χ4v) is 9.86. The van der Waals surface area contributed by atoms with E-state index >= 15 is 8.78 Å². The van der Waals surface area contributed by atoms with Crippen LogP contribution in [0.2, 0.25) is 0 Å². The number of aromatic nitrogens is 6. The zero-order chi connectivity index (χ0) is 58.6. The average molecular weight is 1130 g/mol. The van der Waals surface area contributed by atoms with Crippen molar-refractivity contribution in [1.82, 2.24) is 44.2 Å². The van der Waals surface area contributed by atoms with Crippen LogP contribution in [0.15, 0.2) is 107 Å². The van der Waals surface area contributed by atoms with Crippen molar-refractivity contribution in [2.24, 2.45) is 0 Å². The summed E-state index contributed by atoms with van der Waals surface area (Å²) in [5.74, 6) is -4.62. The van der Waals surface area contributed by atoms with Crippen LogP contribution in [0.3, 0.4) is 0 Å². The van der Waals surface area contributed by atoms with E-state index in [1.165, 1.54) is 42.5 Å². The van der Waals surface area contributed by atoms with Crippen molar-refractivity contribution in [2.45, 2.75) is 73.3 Å². The van der Waals surface area contributed by atoms with E-state index in [1.807, 2.05) is 13.0 Å². The van der Waals surface area contributed by atoms with Crippen LogP contribution < -0.4 is 27.1 Å². The zero-order valence-electron chi connectivity index (χ0n) is 46.8. The van der Waals surface area contributed by atoms with Gasteiger partial charge in [0.1, 0.15) is 34.6 Å². The van der Waals surface area contributed by atoms with Crippen LogP contribution in [-0.4, -0.2) is 127 Å². The van der Waals surface area contributed by atoms with E-state index in [-0.39, 0.29) is 40.8 Å². The molecule has 430 valence electrons. The lowest BCUT2D eigenvalue weighted by atomic mass is 9.99. The molecule has 9 rings (SSSR count). The number of nitrogens with one attached hydrogen (secondary N) is 3. The van der Waals surface area contributed by atoms with E-state index in [0.717, 1.165) is 109 Å². The number of hydrogen-bond acceptors (Lipinski definition) is 13. The Balaban J connectivity index is 0.000000217. The number of rotatable bonds is 22. The van der Waals surface area contributed by atoms with Gasteiger partial charge in [0.25, 0.3) is 17.0 Å². The molecule has 0 aliphatic carbocycles. The van der Waals surface area contributed by atoms with Crippen molar-refractivity contribution in [2.75, 3.05) is 76.1 Å². The lowest BCUT2D eigenvalue weighted by molar-refractivity contribution is 0.0696. The summed E-state index contributed by atoms with van der Waals surface area (Å²) in [6.45, 7) is 19.7. The lowest BCUT2D eigenvalue weighted by Crippen LogP contribution is -2.31. The first-order chi connectivity index (χ1) is 39.5. The Labute approximate surface area is 472 Å². The fraction of sp³-hybridized carbons (Fsp3) is 0.344. The summed E-state index contributed by atoms with van der Waals surface area (Å²) in [4.78, 5) is 74.1. The number of amides is 1. The molecule has 1 aliphatic rings. The molecule has 5 heterocycles. The topological polar surface area (TPSA) is 202 Å². The van der Waals surface area contributed by atoms with E-state index in [9.17, 15) is 33.1 Å². The van der Waals surface area contributed by atoms with Crippen LogP contribution in [-0.2, 0) is 4.74 Å². The zero-order valence-corrected chi connectivity index (χ0v) is 46.8. The SMILES string of the molecule is CCN(CC)CCCNc1nc(-c2cc(C(=O)NCC3CCCO3)ccc2C)c2ccc(=O)n(-c3c(F)cccc3F)c2n1.CCN(CC)CCCNc1nc(-c2cc(C(=O)O)ccc2C)c2ccc(=O)n(-c3c(F)cccc3F)c2n1. The van der Waals surface area contributed by atoms with Gasteiger partial charge in [-0.15, -0.1) is 0 Å². The van der Waals surface area contributed by atoms with Crippen LogP contribution in [0.4, 0.5) is 29.5 Å². The van der Waals surface area contributed by atoms with E-state index in [1.54, 1.807) is 31.2 Å². The molecule has 82 heavy (non-hydrogen) atoms. The predicted molar refractivity (Wildman–Crippen MR) is 311 cm³/mol. The first-order valence-corrected chi connectivity index (χ1v) is 27.6. The number of carboxylic acids is 1. The molecule has 21 heteroatoms. The summed E-state index contributed by atoms with van der Waals surface area (Å²) >= 11 is 0. The summed E-state index contributed by atoms with van der Waals surface area (Å²) in [5.41, 5.74) is 1.61. The third-order valence-electron chi connectivity index (χ3n) is 14.5. The minimum Gasteiger partial charge on any atom is -0.478 e. The highest BCUT2D eigenvalue weighted by atomic mass is 19.1. The standard InChI is InChI=1S/C33H38F2N6O3.C28H29F2N5O3/c1-4-40(5-2)17-8-16-36-33-38-29(25-19-22(13-12-21(25)3)32(43)37-20-23-9-7-18-44-23)24-14-15-28(42)41(31(24)39-33)30-26(34)10-6-11-27(30)35;1-4-34(5-2)15-7-14-31-28-32-24(20-16-18(27(37)38)11-10-17(20)3)19-12-13-23(36)35(26(19)33-28)25-21(29)8-6-9-22(25)30/h6,10-15,19,23H,4-5,7-9,16-18,20H2,1-3H3,(H,37,43)(H,36,38,39);6,8-13,16H,4-5,7,14-15H2,1-3H3,(H,37,38)(H,31,32,33). The molecule has 4 aromatic heterocycles. The monoisotopic (exact) mass is 1130 g/mol. The Bertz CT molecular complexity index is 3690. The van der Waals surface area contributed by atoms with Gasteiger partial charge >= 0.3 is 5.97 Å². The third kappa shape index (κ3) is 13.7. The maximum Gasteiger partial charge on any atom is 0.335 e. The van der Waals surface area contributed by atoms with Crippen molar-refractivity contribution in [3.8, 4) is 33.9 Å². The quantitative estimate of drug-likeness (QED) is 0.0369. The second-order valence-electron chi connectivity index (χ2n) is 19.7. The van der Waals surface area contributed by atoms with E-state index < -0.39 is 51.7 Å². The maximum absolute atomic E-state index is 15.0. The number of aromatic carboxylic acids is 1. The smallest absolute Gasteiger partial charge is 0.335 e. The molecule has 0 saturated carbocycles. The Kier molecular flexibility index (Phi) is 19.9. The van der Waals surface area contributed by atoms with Gasteiger partial charge in [0, 0.05) is 65.8 Å². The number of benzene rings is 4. The highest BCUT2D eigenvalue weighted by molar-refractivity contribution is 5.99. The van der Waals surface area contributed by atoms with Gasteiger partial charge in [-0.2, -0.15) is 9.97 Å². The normalized spacial score (nSPS) is 13.2. The summed E-state index contributed by atoms with van der Waals surface area (Å²) < 4.78 is 67.2. The van der Waals surface area contributed by atoms with Crippen LogP contribution >= 0.6 is 0 Å². The number of carbonyl (C=O) groups excluding carboxylic acids is 1. The highest BCUT2D eigenvalue weighted by Gasteiger charge is 2.24. The summed E-state index contributed by atoms with van der Waals surface area (Å²) in [5, 5.41) is 19.7. The summed E-state index contributed by atoms with van der Waals surface area (Å²) in [7, 11) is 0. The van der Waals surface area contributed by atoms with Gasteiger partial charge in [0.15, 0.2) is 11.3 Å². The minimum absolute atomic E-state index is 0.000511. The number of pyridine rings is 2. The first kappa shape index (κ1) is 59.7. The van der Waals surface area contributed by atoms with Gasteiger partial charge in [-0.3, -0.25) is 23.5 Å². The Morgan fingerprint density at radius 2 is 1.06 bits per heavy atom. The van der Waals surface area contributed by atoms with Gasteiger partial charge in [-0.25, -0.2) is 32.3 Å². The molecule has 1 amide bonds. The second kappa shape index (κ2) is 27.4. The van der Waals surface area contributed by atoms with Crippen LogP contribution in [0.5, 0.6) is 0 Å². The van der Waals surface area contributed by atoms with Gasteiger partial charge in [-0.1, -0.05) is 52.0 Å². The van der Waals surface area contributed by atoms with Crippen LogP contribution in [0, 0.1) is 37.1 Å².